The van der Waals surface area contributed by atoms with Crippen molar-refractivity contribution in [1.29, 1.82) is 0 Å². The zero-order valence-corrected chi connectivity index (χ0v) is 22.1. The third-order valence-corrected chi connectivity index (χ3v) is 8.47. The number of nitrogens with one attached hydrogen (secondary N) is 1. The van der Waals surface area contributed by atoms with Crippen LogP contribution in [0.3, 0.4) is 0 Å². The molecule has 2 amide bonds. The summed E-state index contributed by atoms with van der Waals surface area (Å²) in [5, 5.41) is 3.52. The Balaban J connectivity index is 1.84. The normalized spacial score (nSPS) is 15.2. The van der Waals surface area contributed by atoms with Gasteiger partial charge >= 0.3 is 0 Å². The summed E-state index contributed by atoms with van der Waals surface area (Å²) >= 11 is 5.89. The summed E-state index contributed by atoms with van der Waals surface area (Å²) in [4.78, 5) is 28.3. The maximum Gasteiger partial charge on any atom is 0.243 e. The molecule has 3 rings (SSSR count). The van der Waals surface area contributed by atoms with Crippen LogP contribution in [0.1, 0.15) is 50.2 Å². The number of carbonyl (C=O) groups is 2. The Kier molecular flexibility index (Phi) is 9.33. The highest BCUT2D eigenvalue weighted by Gasteiger charge is 2.33. The largest absolute Gasteiger partial charge is 0.352 e. The molecule has 9 heteroatoms. The van der Waals surface area contributed by atoms with E-state index in [0.29, 0.717) is 11.4 Å². The number of carbonyl (C=O) groups excluding carboxylic acids is 2. The van der Waals surface area contributed by atoms with Crippen LogP contribution in [-0.4, -0.2) is 55.1 Å². The summed E-state index contributed by atoms with van der Waals surface area (Å²) in [5.74, 6) is -0.622. The van der Waals surface area contributed by atoms with Crippen molar-refractivity contribution in [2.45, 2.75) is 69.5 Å². The van der Waals surface area contributed by atoms with Crippen molar-refractivity contribution in [2.24, 2.45) is 0 Å². The number of nitrogens with zero attached hydrogens (tertiary/aromatic N) is 2. The molecule has 0 aromatic heterocycles. The van der Waals surface area contributed by atoms with Crippen molar-refractivity contribution >= 4 is 33.4 Å². The van der Waals surface area contributed by atoms with Gasteiger partial charge in [0.2, 0.25) is 21.8 Å². The molecule has 1 unspecified atom stereocenters. The van der Waals surface area contributed by atoms with Crippen LogP contribution < -0.4 is 5.32 Å². The summed E-state index contributed by atoms with van der Waals surface area (Å²) in [7, 11) is -2.54. The Bertz CT molecular complexity index is 1130. The fourth-order valence-electron chi connectivity index (χ4n) is 4.45. The monoisotopic (exact) mass is 519 g/mol. The van der Waals surface area contributed by atoms with E-state index in [4.69, 9.17) is 11.6 Å². The molecule has 2 aromatic carbocycles. The lowest BCUT2D eigenvalue weighted by Crippen LogP contribution is -2.53. The van der Waals surface area contributed by atoms with Gasteiger partial charge in [-0.1, -0.05) is 61.2 Å². The van der Waals surface area contributed by atoms with Crippen molar-refractivity contribution in [2.75, 3.05) is 13.6 Å². The standard InChI is InChI=1S/C26H34ClN3O4S/c1-4-24(26(32)28-22-10-5-6-11-22)30(17-20-9-7-8-19(2)16-20)25(31)18-29(3)35(33,34)23-14-12-21(27)13-15-23/h7-9,12-16,22,24H,4-6,10-11,17-18H2,1-3H3,(H,28,32). The van der Waals surface area contributed by atoms with Crippen LogP contribution >= 0.6 is 11.6 Å². The number of hydrogen-bond donors (Lipinski definition) is 1. The summed E-state index contributed by atoms with van der Waals surface area (Å²) in [6.07, 6.45) is 4.47. The van der Waals surface area contributed by atoms with E-state index < -0.39 is 22.0 Å². The number of benzene rings is 2. The van der Waals surface area contributed by atoms with E-state index in [9.17, 15) is 18.0 Å². The molecule has 2 aromatic rings. The second-order valence-corrected chi connectivity index (χ2v) is 11.6. The Hall–Kier alpha value is -2.42. The van der Waals surface area contributed by atoms with Crippen LogP contribution in [0.4, 0.5) is 0 Å². The van der Waals surface area contributed by atoms with Gasteiger partial charge in [0.05, 0.1) is 11.4 Å². The molecule has 0 bridgehead atoms. The van der Waals surface area contributed by atoms with Gasteiger partial charge in [0.25, 0.3) is 0 Å². The molecule has 0 saturated heterocycles. The van der Waals surface area contributed by atoms with Gasteiger partial charge in [-0.2, -0.15) is 4.31 Å². The van der Waals surface area contributed by atoms with Crippen LogP contribution in [-0.2, 0) is 26.2 Å². The van der Waals surface area contributed by atoms with Gasteiger partial charge in [-0.25, -0.2) is 8.42 Å². The van der Waals surface area contributed by atoms with Gasteiger partial charge in [0.15, 0.2) is 0 Å². The lowest BCUT2D eigenvalue weighted by molar-refractivity contribution is -0.141. The van der Waals surface area contributed by atoms with E-state index in [1.54, 1.807) is 0 Å². The van der Waals surface area contributed by atoms with Crippen LogP contribution in [0.25, 0.3) is 0 Å². The molecule has 1 N–H and O–H groups in total. The number of amides is 2. The number of halogens is 1. The quantitative estimate of drug-likeness (QED) is 0.511. The summed E-state index contributed by atoms with van der Waals surface area (Å²) < 4.78 is 27.1. The molecular formula is C26H34ClN3O4S. The summed E-state index contributed by atoms with van der Waals surface area (Å²) in [6.45, 7) is 3.66. The van der Waals surface area contributed by atoms with E-state index in [1.165, 1.54) is 36.2 Å². The average molecular weight is 520 g/mol. The predicted octanol–water partition coefficient (Wildman–Crippen LogP) is 4.14. The van der Waals surface area contributed by atoms with Crippen molar-refractivity contribution in [3.8, 4) is 0 Å². The Labute approximate surface area is 213 Å². The molecule has 1 saturated carbocycles. The first-order valence-corrected chi connectivity index (χ1v) is 13.8. The molecule has 1 aliphatic carbocycles. The summed E-state index contributed by atoms with van der Waals surface area (Å²) in [5.41, 5.74) is 1.93. The number of aryl methyl sites for hydroxylation is 1. The fraction of sp³-hybridized carbons (Fsp3) is 0.462. The van der Waals surface area contributed by atoms with Crippen LogP contribution in [0.2, 0.25) is 5.02 Å². The molecule has 1 atom stereocenters. The first kappa shape index (κ1) is 27.2. The molecule has 0 radical (unpaired) electrons. The van der Waals surface area contributed by atoms with Gasteiger partial charge in [-0.05, 0) is 56.0 Å². The molecule has 0 aliphatic heterocycles. The molecule has 190 valence electrons. The maximum absolute atomic E-state index is 13.5. The molecule has 35 heavy (non-hydrogen) atoms. The topological polar surface area (TPSA) is 86.8 Å². The molecule has 0 spiro atoms. The molecule has 7 nitrogen and oxygen atoms in total. The zero-order valence-electron chi connectivity index (χ0n) is 20.5. The van der Waals surface area contributed by atoms with Gasteiger partial charge < -0.3 is 10.2 Å². The molecule has 1 aliphatic rings. The van der Waals surface area contributed by atoms with Gasteiger partial charge in [-0.15, -0.1) is 0 Å². The van der Waals surface area contributed by atoms with Gasteiger partial charge in [0, 0.05) is 24.7 Å². The predicted molar refractivity (Wildman–Crippen MR) is 137 cm³/mol. The van der Waals surface area contributed by atoms with Crippen LogP contribution in [0.15, 0.2) is 53.4 Å². The first-order chi connectivity index (χ1) is 16.6. The van der Waals surface area contributed by atoms with E-state index >= 15 is 0 Å². The second kappa shape index (κ2) is 12.0. The highest BCUT2D eigenvalue weighted by Crippen LogP contribution is 2.21. The van der Waals surface area contributed by atoms with Crippen molar-refractivity contribution in [3.05, 3.63) is 64.7 Å². The van der Waals surface area contributed by atoms with Gasteiger partial charge in [0.1, 0.15) is 6.04 Å². The summed E-state index contributed by atoms with van der Waals surface area (Å²) in [6, 6.07) is 13.0. The number of sulfonamides is 1. The zero-order chi connectivity index (χ0) is 25.6. The van der Waals surface area contributed by atoms with E-state index in [0.717, 1.165) is 41.1 Å². The Morgan fingerprint density at radius 1 is 1.11 bits per heavy atom. The average Bonchev–Trinajstić information content (AvgIpc) is 3.32. The van der Waals surface area contributed by atoms with Crippen molar-refractivity contribution in [1.82, 2.24) is 14.5 Å². The molecule has 1 fully saturated rings. The SMILES string of the molecule is CCC(C(=O)NC1CCCC1)N(Cc1cccc(C)c1)C(=O)CN(C)S(=O)(=O)c1ccc(Cl)cc1. The lowest BCUT2D eigenvalue weighted by atomic mass is 10.1. The Morgan fingerprint density at radius 3 is 2.37 bits per heavy atom. The number of likely N-dealkylation sites (N-methyl/N-ethyl adjacent to an activating group) is 1. The molecular weight excluding hydrogens is 486 g/mol. The smallest absolute Gasteiger partial charge is 0.243 e. The number of hydrogen-bond acceptors (Lipinski definition) is 4. The first-order valence-electron chi connectivity index (χ1n) is 12.0. The maximum atomic E-state index is 13.5. The van der Waals surface area contributed by atoms with Crippen molar-refractivity contribution < 1.29 is 18.0 Å². The molecule has 0 heterocycles. The minimum absolute atomic E-state index is 0.0495. The van der Waals surface area contributed by atoms with E-state index in [1.807, 2.05) is 38.1 Å². The fourth-order valence-corrected chi connectivity index (χ4v) is 5.69. The minimum Gasteiger partial charge on any atom is -0.352 e. The van der Waals surface area contributed by atoms with Crippen molar-refractivity contribution in [3.63, 3.8) is 0 Å². The second-order valence-electron chi connectivity index (χ2n) is 9.14. The van der Waals surface area contributed by atoms with Crippen LogP contribution in [0.5, 0.6) is 0 Å². The third kappa shape index (κ3) is 7.06. The van der Waals surface area contributed by atoms with E-state index in [2.05, 4.69) is 5.32 Å². The Morgan fingerprint density at radius 2 is 1.77 bits per heavy atom. The van der Waals surface area contributed by atoms with Crippen LogP contribution in [0, 0.1) is 6.92 Å². The minimum atomic E-state index is -3.91. The lowest BCUT2D eigenvalue weighted by Gasteiger charge is -2.32. The third-order valence-electron chi connectivity index (χ3n) is 6.40. The van der Waals surface area contributed by atoms with E-state index in [-0.39, 0.29) is 29.9 Å². The number of rotatable bonds is 10. The highest BCUT2D eigenvalue weighted by atomic mass is 35.5. The van der Waals surface area contributed by atoms with Gasteiger partial charge in [-0.3, -0.25) is 9.59 Å². The highest BCUT2D eigenvalue weighted by molar-refractivity contribution is 7.89.